The normalized spacial score (nSPS) is 10.1. The van der Waals surface area contributed by atoms with Gasteiger partial charge in [-0.2, -0.15) is 10.4 Å². The van der Waals surface area contributed by atoms with E-state index >= 15 is 0 Å². The number of carbonyl (C=O) groups is 1. The van der Waals surface area contributed by atoms with Crippen LogP contribution in [0.2, 0.25) is 0 Å². The van der Waals surface area contributed by atoms with Gasteiger partial charge in [0, 0.05) is 19.8 Å². The van der Waals surface area contributed by atoms with Crippen molar-refractivity contribution in [2.45, 2.75) is 13.5 Å². The zero-order valence-electron chi connectivity index (χ0n) is 10.1. The standard InChI is InChI=1S/C12H12N4OS/c1-8-10(7-16(2)15-8)12(17)14-6-9-3-4-18-11(9)5-13/h3-4,7H,6H2,1-2H3,(H,14,17). The smallest absolute Gasteiger partial charge is 0.255 e. The van der Waals surface area contributed by atoms with Crippen LogP contribution >= 0.6 is 11.3 Å². The maximum Gasteiger partial charge on any atom is 0.255 e. The molecule has 0 aliphatic rings. The van der Waals surface area contributed by atoms with Crippen LogP contribution in [0, 0.1) is 18.3 Å². The molecule has 1 N–H and O–H groups in total. The molecule has 2 heterocycles. The van der Waals surface area contributed by atoms with Crippen molar-refractivity contribution in [3.05, 3.63) is 39.3 Å². The number of hydrogen-bond donors (Lipinski definition) is 1. The van der Waals surface area contributed by atoms with Gasteiger partial charge < -0.3 is 5.32 Å². The average Bonchev–Trinajstić information content (AvgIpc) is 2.92. The fourth-order valence-corrected chi connectivity index (χ4v) is 2.38. The number of thiophene rings is 1. The monoisotopic (exact) mass is 260 g/mol. The number of aromatic nitrogens is 2. The van der Waals surface area contributed by atoms with Gasteiger partial charge >= 0.3 is 0 Å². The van der Waals surface area contributed by atoms with Gasteiger partial charge in [0.25, 0.3) is 5.91 Å². The first-order chi connectivity index (χ1) is 8.61. The molecule has 2 aromatic rings. The van der Waals surface area contributed by atoms with Crippen LogP contribution in [0.3, 0.4) is 0 Å². The number of carbonyl (C=O) groups excluding carboxylic acids is 1. The van der Waals surface area contributed by atoms with Crippen LogP contribution in [0.25, 0.3) is 0 Å². The first kappa shape index (κ1) is 12.3. The Labute approximate surface area is 109 Å². The zero-order chi connectivity index (χ0) is 13.1. The highest BCUT2D eigenvalue weighted by Crippen LogP contribution is 2.15. The molecule has 0 radical (unpaired) electrons. The van der Waals surface area contributed by atoms with Crippen LogP contribution in [-0.4, -0.2) is 15.7 Å². The van der Waals surface area contributed by atoms with Crippen molar-refractivity contribution in [3.63, 3.8) is 0 Å². The van der Waals surface area contributed by atoms with Gasteiger partial charge in [0.2, 0.25) is 0 Å². The molecule has 5 nitrogen and oxygen atoms in total. The molecule has 0 aromatic carbocycles. The highest BCUT2D eigenvalue weighted by molar-refractivity contribution is 7.10. The van der Waals surface area contributed by atoms with Crippen molar-refractivity contribution in [1.29, 1.82) is 5.26 Å². The van der Waals surface area contributed by atoms with Crippen LogP contribution in [0.5, 0.6) is 0 Å². The third kappa shape index (κ3) is 2.41. The summed E-state index contributed by atoms with van der Waals surface area (Å²) in [5, 5.41) is 17.6. The largest absolute Gasteiger partial charge is 0.348 e. The van der Waals surface area contributed by atoms with Crippen molar-refractivity contribution in [1.82, 2.24) is 15.1 Å². The Kier molecular flexibility index (Phi) is 3.44. The molecule has 0 unspecified atom stereocenters. The summed E-state index contributed by atoms with van der Waals surface area (Å²) in [5.74, 6) is -0.171. The van der Waals surface area contributed by atoms with Crippen molar-refractivity contribution >= 4 is 17.2 Å². The van der Waals surface area contributed by atoms with Crippen LogP contribution in [0.4, 0.5) is 0 Å². The summed E-state index contributed by atoms with van der Waals surface area (Å²) < 4.78 is 1.61. The third-order valence-electron chi connectivity index (χ3n) is 2.55. The second-order valence-corrected chi connectivity index (χ2v) is 4.79. The van der Waals surface area contributed by atoms with E-state index < -0.39 is 0 Å². The highest BCUT2D eigenvalue weighted by atomic mass is 32.1. The van der Waals surface area contributed by atoms with E-state index in [1.165, 1.54) is 11.3 Å². The summed E-state index contributed by atoms with van der Waals surface area (Å²) >= 11 is 1.38. The first-order valence-corrected chi connectivity index (χ1v) is 6.24. The number of nitriles is 1. The molecule has 0 bridgehead atoms. The summed E-state index contributed by atoms with van der Waals surface area (Å²) in [6, 6.07) is 3.95. The zero-order valence-corrected chi connectivity index (χ0v) is 10.9. The van der Waals surface area contributed by atoms with Crippen LogP contribution in [-0.2, 0) is 13.6 Å². The van der Waals surface area contributed by atoms with Gasteiger partial charge in [0.15, 0.2) is 0 Å². The minimum atomic E-state index is -0.171. The summed E-state index contributed by atoms with van der Waals surface area (Å²) in [6.07, 6.45) is 1.68. The molecular weight excluding hydrogens is 248 g/mol. The summed E-state index contributed by atoms with van der Waals surface area (Å²) in [6.45, 7) is 2.15. The Bertz CT molecular complexity index is 620. The van der Waals surface area contributed by atoms with Crippen molar-refractivity contribution in [2.24, 2.45) is 7.05 Å². The Morgan fingerprint density at radius 2 is 2.44 bits per heavy atom. The van der Waals surface area contributed by atoms with Gasteiger partial charge in [-0.3, -0.25) is 9.48 Å². The van der Waals surface area contributed by atoms with Gasteiger partial charge in [0.1, 0.15) is 10.9 Å². The number of nitrogens with one attached hydrogen (secondary N) is 1. The molecule has 92 valence electrons. The van der Waals surface area contributed by atoms with E-state index in [-0.39, 0.29) is 5.91 Å². The van der Waals surface area contributed by atoms with E-state index in [1.54, 1.807) is 24.9 Å². The van der Waals surface area contributed by atoms with E-state index in [0.717, 1.165) is 5.56 Å². The molecule has 6 heteroatoms. The molecule has 18 heavy (non-hydrogen) atoms. The summed E-state index contributed by atoms with van der Waals surface area (Å²) in [7, 11) is 1.77. The van der Waals surface area contributed by atoms with Crippen molar-refractivity contribution in [3.8, 4) is 6.07 Å². The highest BCUT2D eigenvalue weighted by Gasteiger charge is 2.13. The molecule has 2 rings (SSSR count). The van der Waals surface area contributed by atoms with E-state index in [4.69, 9.17) is 5.26 Å². The van der Waals surface area contributed by atoms with Gasteiger partial charge in [-0.05, 0) is 23.9 Å². The SMILES string of the molecule is Cc1nn(C)cc1C(=O)NCc1ccsc1C#N. The van der Waals surface area contributed by atoms with Crippen LogP contribution < -0.4 is 5.32 Å². The Morgan fingerprint density at radius 3 is 3.06 bits per heavy atom. The first-order valence-electron chi connectivity index (χ1n) is 5.36. The van der Waals surface area contributed by atoms with Gasteiger partial charge in [-0.1, -0.05) is 0 Å². The minimum Gasteiger partial charge on any atom is -0.348 e. The average molecular weight is 260 g/mol. The van der Waals surface area contributed by atoms with Crippen LogP contribution in [0.15, 0.2) is 17.6 Å². The lowest BCUT2D eigenvalue weighted by Crippen LogP contribution is -2.23. The molecule has 2 aromatic heterocycles. The second kappa shape index (κ2) is 5.02. The molecule has 0 saturated carbocycles. The van der Waals surface area contributed by atoms with Gasteiger partial charge in [-0.15, -0.1) is 11.3 Å². The molecule has 0 fully saturated rings. The molecule has 0 aliphatic carbocycles. The number of nitrogens with zero attached hydrogens (tertiary/aromatic N) is 3. The van der Waals surface area contributed by atoms with Gasteiger partial charge in [0.05, 0.1) is 11.3 Å². The Morgan fingerprint density at radius 1 is 1.67 bits per heavy atom. The molecule has 1 amide bonds. The van der Waals surface area contributed by atoms with E-state index in [2.05, 4.69) is 16.5 Å². The maximum absolute atomic E-state index is 11.9. The Hall–Kier alpha value is -2.13. The lowest BCUT2D eigenvalue weighted by atomic mass is 10.2. The lowest BCUT2D eigenvalue weighted by molar-refractivity contribution is 0.0950. The quantitative estimate of drug-likeness (QED) is 0.911. The van der Waals surface area contributed by atoms with Crippen molar-refractivity contribution in [2.75, 3.05) is 0 Å². The van der Waals surface area contributed by atoms with Crippen LogP contribution in [0.1, 0.15) is 26.5 Å². The second-order valence-electron chi connectivity index (χ2n) is 3.87. The number of amides is 1. The van der Waals surface area contributed by atoms with E-state index in [1.807, 2.05) is 11.4 Å². The lowest BCUT2D eigenvalue weighted by Gasteiger charge is -2.02. The molecule has 0 aliphatic heterocycles. The topological polar surface area (TPSA) is 70.7 Å². The fourth-order valence-electron chi connectivity index (χ4n) is 1.67. The van der Waals surface area contributed by atoms with Gasteiger partial charge in [-0.25, -0.2) is 0 Å². The fraction of sp³-hybridized carbons (Fsp3) is 0.250. The predicted octanol–water partition coefficient (Wildman–Crippen LogP) is 1.59. The number of hydrogen-bond acceptors (Lipinski definition) is 4. The molecule has 0 atom stereocenters. The minimum absolute atomic E-state index is 0.171. The third-order valence-corrected chi connectivity index (χ3v) is 3.41. The number of rotatable bonds is 3. The van der Waals surface area contributed by atoms with E-state index in [0.29, 0.717) is 22.7 Å². The summed E-state index contributed by atoms with van der Waals surface area (Å²) in [4.78, 5) is 12.6. The van der Waals surface area contributed by atoms with Crippen molar-refractivity contribution < 1.29 is 4.79 Å². The molecule has 0 saturated heterocycles. The Balaban J connectivity index is 2.05. The maximum atomic E-state index is 11.9. The van der Waals surface area contributed by atoms with E-state index in [9.17, 15) is 4.79 Å². The molecular formula is C12H12N4OS. The summed E-state index contributed by atoms with van der Waals surface area (Å²) in [5.41, 5.74) is 2.10. The number of aryl methyl sites for hydroxylation is 2. The predicted molar refractivity (Wildman–Crippen MR) is 68.1 cm³/mol. The molecule has 0 spiro atoms.